The fourth-order valence-corrected chi connectivity index (χ4v) is 3.29. The van der Waals surface area contributed by atoms with Crippen molar-refractivity contribution in [2.24, 2.45) is 5.41 Å². The lowest BCUT2D eigenvalue weighted by atomic mass is 9.58. The molecule has 5 nitrogen and oxygen atoms in total. The van der Waals surface area contributed by atoms with Crippen molar-refractivity contribution < 1.29 is 9.53 Å². The first-order valence-corrected chi connectivity index (χ1v) is 6.92. The van der Waals surface area contributed by atoms with Crippen LogP contribution < -0.4 is 5.32 Å². The minimum atomic E-state index is -0.0444. The summed E-state index contributed by atoms with van der Waals surface area (Å²) in [6, 6.07) is 0.189. The Morgan fingerprint density at radius 1 is 1.58 bits per heavy atom. The maximum absolute atomic E-state index is 12.2. The zero-order chi connectivity index (χ0) is 14.0. The maximum Gasteiger partial charge on any atom is 0.254 e. The largest absolute Gasteiger partial charge is 0.381 e. The summed E-state index contributed by atoms with van der Waals surface area (Å²) in [6.45, 7) is 6.18. The quantitative estimate of drug-likeness (QED) is 0.856. The second-order valence-electron chi connectivity index (χ2n) is 5.34. The van der Waals surface area contributed by atoms with Crippen molar-refractivity contribution in [3.8, 4) is 0 Å². The fraction of sp³-hybridized carbons (Fsp3) is 0.714. The number of nitrogens with zero attached hydrogens (tertiary/aromatic N) is 1. The van der Waals surface area contributed by atoms with Gasteiger partial charge in [0.15, 0.2) is 0 Å². The minimum absolute atomic E-state index is 0.0444. The summed E-state index contributed by atoms with van der Waals surface area (Å²) in [4.78, 5) is 12.2. The number of aromatic amines is 1. The molecule has 0 bridgehead atoms. The molecule has 0 saturated heterocycles. The van der Waals surface area contributed by atoms with Gasteiger partial charge >= 0.3 is 0 Å². The number of methoxy groups -OCH3 is 1. The topological polar surface area (TPSA) is 67.0 Å². The fourth-order valence-electron chi connectivity index (χ4n) is 3.29. The minimum Gasteiger partial charge on any atom is -0.381 e. The van der Waals surface area contributed by atoms with Crippen LogP contribution in [0.4, 0.5) is 0 Å². The van der Waals surface area contributed by atoms with Gasteiger partial charge in [0, 0.05) is 24.3 Å². The first kappa shape index (κ1) is 14.1. The summed E-state index contributed by atoms with van der Waals surface area (Å²) in [5.41, 5.74) is 1.50. The predicted molar refractivity (Wildman–Crippen MR) is 73.0 cm³/mol. The van der Waals surface area contributed by atoms with Gasteiger partial charge < -0.3 is 10.1 Å². The summed E-state index contributed by atoms with van der Waals surface area (Å²) in [6.07, 6.45) is 4.74. The van der Waals surface area contributed by atoms with Crippen molar-refractivity contribution in [2.45, 2.75) is 52.2 Å². The van der Waals surface area contributed by atoms with Gasteiger partial charge in [-0.15, -0.1) is 0 Å². The molecule has 1 aromatic heterocycles. The Morgan fingerprint density at radius 3 is 2.74 bits per heavy atom. The van der Waals surface area contributed by atoms with Gasteiger partial charge in [-0.2, -0.15) is 5.10 Å². The molecule has 1 aliphatic rings. The van der Waals surface area contributed by atoms with Gasteiger partial charge in [-0.25, -0.2) is 0 Å². The second kappa shape index (κ2) is 5.33. The number of hydrogen-bond acceptors (Lipinski definition) is 3. The molecule has 2 rings (SSSR count). The van der Waals surface area contributed by atoms with Crippen LogP contribution >= 0.6 is 0 Å². The van der Waals surface area contributed by atoms with Crippen molar-refractivity contribution in [3.05, 3.63) is 17.5 Å². The normalized spacial score (nSPS) is 24.8. The van der Waals surface area contributed by atoms with Crippen LogP contribution in [0.3, 0.4) is 0 Å². The lowest BCUT2D eigenvalue weighted by molar-refractivity contribution is -0.120. The number of carbonyl (C=O) groups is 1. The van der Waals surface area contributed by atoms with Crippen molar-refractivity contribution in [1.82, 2.24) is 15.5 Å². The number of nitrogens with one attached hydrogen (secondary N) is 2. The lowest BCUT2D eigenvalue weighted by Gasteiger charge is -2.55. The number of aromatic nitrogens is 2. The average Bonchev–Trinajstić information content (AvgIpc) is 2.82. The van der Waals surface area contributed by atoms with Gasteiger partial charge in [-0.05, 0) is 26.2 Å². The summed E-state index contributed by atoms with van der Waals surface area (Å²) < 4.78 is 5.54. The number of ether oxygens (including phenoxy) is 1. The highest BCUT2D eigenvalue weighted by molar-refractivity contribution is 5.95. The van der Waals surface area contributed by atoms with Crippen LogP contribution in [-0.2, 0) is 4.74 Å². The van der Waals surface area contributed by atoms with Crippen molar-refractivity contribution in [2.75, 3.05) is 7.11 Å². The van der Waals surface area contributed by atoms with E-state index in [1.54, 1.807) is 13.3 Å². The Morgan fingerprint density at radius 2 is 2.26 bits per heavy atom. The summed E-state index contributed by atoms with van der Waals surface area (Å²) in [5, 5.41) is 9.82. The monoisotopic (exact) mass is 265 g/mol. The Kier molecular flexibility index (Phi) is 3.94. The number of H-pyrrole nitrogens is 1. The first-order chi connectivity index (χ1) is 9.08. The van der Waals surface area contributed by atoms with Crippen LogP contribution in [0.2, 0.25) is 0 Å². The Balaban J connectivity index is 2.08. The standard InChI is InChI=1S/C14H23N3O2/c1-5-14(6-2)11(7-12(14)19-4)16-13(18)10-8-15-17-9(10)3/h8,11-12H,5-7H2,1-4H3,(H,15,17)(H,16,18). The molecule has 1 aromatic rings. The Hall–Kier alpha value is -1.36. The van der Waals surface area contributed by atoms with Crippen molar-refractivity contribution >= 4 is 5.91 Å². The lowest BCUT2D eigenvalue weighted by Crippen LogP contribution is -2.64. The molecule has 2 unspecified atom stereocenters. The first-order valence-electron chi connectivity index (χ1n) is 6.92. The molecule has 0 aromatic carbocycles. The maximum atomic E-state index is 12.2. The highest BCUT2D eigenvalue weighted by Crippen LogP contribution is 2.48. The second-order valence-corrected chi connectivity index (χ2v) is 5.34. The van der Waals surface area contributed by atoms with E-state index in [-0.39, 0.29) is 23.5 Å². The molecule has 1 heterocycles. The molecule has 1 amide bonds. The SMILES string of the molecule is CCC1(CC)C(NC(=O)c2cn[nH]c2C)CC1OC. The third-order valence-corrected chi connectivity index (χ3v) is 4.77. The van der Waals surface area contributed by atoms with Gasteiger partial charge in [0.1, 0.15) is 0 Å². The van der Waals surface area contributed by atoms with E-state index in [9.17, 15) is 4.79 Å². The molecular weight excluding hydrogens is 242 g/mol. The van der Waals surface area contributed by atoms with Gasteiger partial charge in [-0.1, -0.05) is 13.8 Å². The third kappa shape index (κ3) is 2.16. The number of amides is 1. The average molecular weight is 265 g/mol. The molecular formula is C14H23N3O2. The van der Waals surface area contributed by atoms with Gasteiger partial charge in [0.05, 0.1) is 17.9 Å². The Labute approximate surface area is 114 Å². The molecule has 5 heteroatoms. The summed E-state index contributed by atoms with van der Waals surface area (Å²) in [7, 11) is 1.75. The van der Waals surface area contributed by atoms with E-state index in [1.165, 1.54) is 0 Å². The summed E-state index contributed by atoms with van der Waals surface area (Å²) in [5.74, 6) is -0.0444. The Bertz CT molecular complexity index is 451. The van der Waals surface area contributed by atoms with E-state index in [1.807, 2.05) is 6.92 Å². The molecule has 2 N–H and O–H groups in total. The highest BCUT2D eigenvalue weighted by Gasteiger charge is 2.53. The molecule has 1 aliphatic carbocycles. The molecule has 2 atom stereocenters. The van der Waals surface area contributed by atoms with Crippen LogP contribution in [0.25, 0.3) is 0 Å². The molecule has 0 radical (unpaired) electrons. The number of rotatable bonds is 5. The van der Waals surface area contributed by atoms with E-state index in [0.717, 1.165) is 25.0 Å². The number of carbonyl (C=O) groups excluding carboxylic acids is 1. The van der Waals surface area contributed by atoms with E-state index in [0.29, 0.717) is 5.56 Å². The smallest absolute Gasteiger partial charge is 0.254 e. The predicted octanol–water partition coefficient (Wildman–Crippen LogP) is 2.04. The van der Waals surface area contributed by atoms with Crippen molar-refractivity contribution in [3.63, 3.8) is 0 Å². The van der Waals surface area contributed by atoms with Gasteiger partial charge in [0.25, 0.3) is 5.91 Å². The van der Waals surface area contributed by atoms with Crippen molar-refractivity contribution in [1.29, 1.82) is 0 Å². The molecule has 0 spiro atoms. The van der Waals surface area contributed by atoms with Crippen LogP contribution in [0.15, 0.2) is 6.20 Å². The zero-order valence-electron chi connectivity index (χ0n) is 12.1. The van der Waals surface area contributed by atoms with E-state index in [4.69, 9.17) is 4.74 Å². The molecule has 19 heavy (non-hydrogen) atoms. The molecule has 106 valence electrons. The van der Waals surface area contributed by atoms with E-state index < -0.39 is 0 Å². The van der Waals surface area contributed by atoms with E-state index in [2.05, 4.69) is 29.4 Å². The number of aryl methyl sites for hydroxylation is 1. The van der Waals surface area contributed by atoms with Gasteiger partial charge in [-0.3, -0.25) is 9.89 Å². The highest BCUT2D eigenvalue weighted by atomic mass is 16.5. The third-order valence-electron chi connectivity index (χ3n) is 4.77. The summed E-state index contributed by atoms with van der Waals surface area (Å²) >= 11 is 0. The molecule has 1 fully saturated rings. The van der Waals surface area contributed by atoms with E-state index >= 15 is 0 Å². The van der Waals surface area contributed by atoms with Gasteiger partial charge in [0.2, 0.25) is 0 Å². The molecule has 0 aliphatic heterocycles. The molecule has 1 saturated carbocycles. The van der Waals surface area contributed by atoms with Crippen LogP contribution in [0.5, 0.6) is 0 Å². The zero-order valence-corrected chi connectivity index (χ0v) is 12.1. The van der Waals surface area contributed by atoms with Crippen LogP contribution in [-0.4, -0.2) is 35.4 Å². The number of hydrogen-bond donors (Lipinski definition) is 2. The van der Waals surface area contributed by atoms with Crippen LogP contribution in [0.1, 0.15) is 49.2 Å². The van der Waals surface area contributed by atoms with Crippen LogP contribution in [0, 0.1) is 12.3 Å².